The number of hydrogen-bond donors (Lipinski definition) is 1. The molecule has 0 bridgehead atoms. The minimum absolute atomic E-state index is 0.788. The van der Waals surface area contributed by atoms with E-state index < -0.39 is 16.3 Å². The molecule has 1 atom stereocenters. The highest BCUT2D eigenvalue weighted by Crippen LogP contribution is 2.19. The average Bonchev–Trinajstić information content (AvgIpc) is 2.02. The largest absolute Gasteiger partial charge is 0.340 e. The molecule has 0 fully saturated rings. The highest BCUT2D eigenvalue weighted by Gasteiger charge is 2.23. The first kappa shape index (κ1) is 13.4. The van der Waals surface area contributed by atoms with Crippen LogP contribution in [0, 0.1) is 0 Å². The quantitative estimate of drug-likeness (QED) is 0.671. The van der Waals surface area contributed by atoms with Gasteiger partial charge in [-0.15, -0.1) is 0 Å². The molecule has 0 spiro atoms. The van der Waals surface area contributed by atoms with Crippen LogP contribution >= 0.6 is 0 Å². The van der Waals surface area contributed by atoms with E-state index in [1.54, 1.807) is 0 Å². The zero-order valence-corrected chi connectivity index (χ0v) is 12.3. The second-order valence-corrected chi connectivity index (χ2v) is 16.0. The molecule has 3 heteroatoms. The Bertz CT molecular complexity index is 136. The Balaban J connectivity index is 3.74. The molecule has 0 aliphatic rings. The molecule has 0 aliphatic carbocycles. The lowest BCUT2D eigenvalue weighted by atomic mass is 10.6. The monoisotopic (exact) mass is 217 g/mol. The smallest absolute Gasteiger partial charge is 0.122 e. The average molecular weight is 218 g/mol. The van der Waals surface area contributed by atoms with E-state index in [2.05, 4.69) is 45.1 Å². The van der Waals surface area contributed by atoms with Gasteiger partial charge in [-0.05, 0) is 19.1 Å². The van der Waals surface area contributed by atoms with E-state index in [-0.39, 0.29) is 0 Å². The van der Waals surface area contributed by atoms with Crippen LogP contribution < -0.4 is 4.98 Å². The van der Waals surface area contributed by atoms with Gasteiger partial charge in [-0.2, -0.15) is 0 Å². The lowest BCUT2D eigenvalue weighted by Gasteiger charge is -2.26. The molecule has 0 aromatic heterocycles. The molecule has 0 amide bonds. The van der Waals surface area contributed by atoms with Gasteiger partial charge in [-0.25, -0.2) is 0 Å². The Morgan fingerprint density at radius 3 is 1.85 bits per heavy atom. The predicted molar refractivity (Wildman–Crippen MR) is 68.7 cm³/mol. The minimum atomic E-state index is -1.02. The second kappa shape index (κ2) is 5.32. The van der Waals surface area contributed by atoms with Gasteiger partial charge >= 0.3 is 0 Å². The molecular weight excluding hydrogens is 190 g/mol. The summed E-state index contributed by atoms with van der Waals surface area (Å²) < 4.78 is 0. The van der Waals surface area contributed by atoms with Crippen LogP contribution in [0.4, 0.5) is 0 Å². The van der Waals surface area contributed by atoms with Crippen molar-refractivity contribution in [3.63, 3.8) is 0 Å². The summed E-state index contributed by atoms with van der Waals surface area (Å²) in [6.45, 7) is 12.2. The van der Waals surface area contributed by atoms with Crippen molar-refractivity contribution in [2.45, 2.75) is 57.7 Å². The molecule has 0 aromatic carbocycles. The zero-order valence-electron chi connectivity index (χ0n) is 10.3. The van der Waals surface area contributed by atoms with Gasteiger partial charge in [0.25, 0.3) is 0 Å². The van der Waals surface area contributed by atoms with Crippen molar-refractivity contribution in [2.24, 2.45) is 0 Å². The summed E-state index contributed by atoms with van der Waals surface area (Å²) in [4.78, 5) is 3.57. The fourth-order valence-corrected chi connectivity index (χ4v) is 4.99. The lowest BCUT2D eigenvalue weighted by molar-refractivity contribution is 0.954. The predicted octanol–water partition coefficient (Wildman–Crippen LogP) is 3.53. The normalized spacial score (nSPS) is 17.1. The third kappa shape index (κ3) is 6.46. The van der Waals surface area contributed by atoms with Gasteiger partial charge < -0.3 is 4.98 Å². The van der Waals surface area contributed by atoms with Crippen LogP contribution in [0.25, 0.3) is 0 Å². The second-order valence-electron chi connectivity index (χ2n) is 5.58. The van der Waals surface area contributed by atoms with Gasteiger partial charge in [0.1, 0.15) is 8.24 Å². The first-order valence-electron chi connectivity index (χ1n) is 5.52. The van der Waals surface area contributed by atoms with Gasteiger partial charge in [0.05, 0.1) is 0 Å². The molecule has 1 N–H and O–H groups in total. The Kier molecular flexibility index (Phi) is 5.48. The third-order valence-corrected chi connectivity index (χ3v) is 9.12. The van der Waals surface area contributed by atoms with Crippen LogP contribution in [0.5, 0.6) is 0 Å². The molecule has 0 heterocycles. The maximum atomic E-state index is 3.57. The highest BCUT2D eigenvalue weighted by atomic mass is 28.3. The van der Waals surface area contributed by atoms with Crippen molar-refractivity contribution in [1.29, 1.82) is 0 Å². The fraction of sp³-hybridized carbons (Fsp3) is 1.00. The molecule has 1 unspecified atom stereocenters. The van der Waals surface area contributed by atoms with Crippen molar-refractivity contribution < 1.29 is 0 Å². The van der Waals surface area contributed by atoms with Crippen LogP contribution in [0.15, 0.2) is 0 Å². The van der Waals surface area contributed by atoms with Gasteiger partial charge in [0.15, 0.2) is 0 Å². The SMILES string of the molecule is CC[Si](C)(CCC[Si](C)(C)C)NC. The Hall–Kier alpha value is 0.394. The summed E-state index contributed by atoms with van der Waals surface area (Å²) in [5.74, 6) is 0. The number of hydrogen-bond acceptors (Lipinski definition) is 1. The molecule has 80 valence electrons. The van der Waals surface area contributed by atoms with E-state index in [1.165, 1.54) is 24.6 Å². The summed E-state index contributed by atoms with van der Waals surface area (Å²) in [6.07, 6.45) is 1.45. The van der Waals surface area contributed by atoms with Crippen LogP contribution in [0.1, 0.15) is 13.3 Å². The van der Waals surface area contributed by atoms with Gasteiger partial charge in [0, 0.05) is 8.07 Å². The molecule has 0 saturated carbocycles. The summed E-state index contributed by atoms with van der Waals surface area (Å²) >= 11 is 0. The maximum Gasteiger partial charge on any atom is 0.122 e. The Morgan fingerprint density at radius 2 is 1.54 bits per heavy atom. The molecule has 0 aromatic rings. The van der Waals surface area contributed by atoms with E-state index in [1.807, 2.05) is 0 Å². The van der Waals surface area contributed by atoms with Crippen molar-refractivity contribution in [1.82, 2.24) is 4.98 Å². The maximum absolute atomic E-state index is 3.57. The van der Waals surface area contributed by atoms with Gasteiger partial charge in [0.2, 0.25) is 0 Å². The molecule has 13 heavy (non-hydrogen) atoms. The minimum Gasteiger partial charge on any atom is -0.340 e. The molecule has 0 saturated heterocycles. The Morgan fingerprint density at radius 1 is 1.00 bits per heavy atom. The van der Waals surface area contributed by atoms with Crippen LogP contribution in [-0.2, 0) is 0 Å². The van der Waals surface area contributed by atoms with E-state index in [0.717, 1.165) is 0 Å². The molecular formula is C10H27NSi2. The van der Waals surface area contributed by atoms with Crippen molar-refractivity contribution >= 4 is 16.3 Å². The van der Waals surface area contributed by atoms with E-state index in [4.69, 9.17) is 0 Å². The molecule has 0 radical (unpaired) electrons. The van der Waals surface area contributed by atoms with E-state index >= 15 is 0 Å². The van der Waals surface area contributed by atoms with Crippen LogP contribution in [-0.4, -0.2) is 23.4 Å². The summed E-state index contributed by atoms with van der Waals surface area (Å²) in [6, 6.07) is 4.33. The topological polar surface area (TPSA) is 12.0 Å². The summed E-state index contributed by atoms with van der Waals surface area (Å²) in [5, 5.41) is 0. The van der Waals surface area contributed by atoms with Crippen LogP contribution in [0.2, 0.25) is 44.3 Å². The summed E-state index contributed by atoms with van der Waals surface area (Å²) in [7, 11) is 0.330. The first-order valence-corrected chi connectivity index (χ1v) is 12.1. The molecule has 0 aliphatic heterocycles. The van der Waals surface area contributed by atoms with Crippen molar-refractivity contribution in [3.8, 4) is 0 Å². The van der Waals surface area contributed by atoms with Crippen LogP contribution in [0.3, 0.4) is 0 Å². The highest BCUT2D eigenvalue weighted by molar-refractivity contribution is 6.77. The molecule has 0 rings (SSSR count). The van der Waals surface area contributed by atoms with Gasteiger partial charge in [-0.1, -0.05) is 45.6 Å². The first-order chi connectivity index (χ1) is 5.83. The number of rotatable bonds is 6. The van der Waals surface area contributed by atoms with E-state index in [9.17, 15) is 0 Å². The number of nitrogens with one attached hydrogen (secondary N) is 1. The van der Waals surface area contributed by atoms with Crippen molar-refractivity contribution in [2.75, 3.05) is 7.05 Å². The Labute approximate surface area is 86.4 Å². The lowest BCUT2D eigenvalue weighted by Crippen LogP contribution is -2.44. The fourth-order valence-electron chi connectivity index (χ4n) is 1.49. The van der Waals surface area contributed by atoms with E-state index in [0.29, 0.717) is 0 Å². The van der Waals surface area contributed by atoms with Crippen molar-refractivity contribution in [3.05, 3.63) is 0 Å². The molecule has 1 nitrogen and oxygen atoms in total. The summed E-state index contributed by atoms with van der Waals surface area (Å²) in [5.41, 5.74) is 0. The third-order valence-electron chi connectivity index (χ3n) is 3.04. The van der Waals surface area contributed by atoms with Gasteiger partial charge in [-0.3, -0.25) is 0 Å². The standard InChI is InChI=1S/C10H27NSi2/c1-7-13(6,11-2)10-8-9-12(3,4)5/h11H,7-10H2,1-6H3. The zero-order chi connectivity index (χ0) is 10.5.